The monoisotopic (exact) mass is 884 g/mol. The second-order valence-corrected chi connectivity index (χ2v) is 17.4. The highest BCUT2D eigenvalue weighted by Gasteiger charge is 2.63. The number of imide groups is 2. The second-order valence-electron chi connectivity index (χ2n) is 17.4. The van der Waals surface area contributed by atoms with Gasteiger partial charge >= 0.3 is 12.1 Å². The molecule has 16 nitrogen and oxygen atoms in total. The lowest BCUT2D eigenvalue weighted by molar-refractivity contribution is -0.124. The fraction of sp³-hybridized carbons (Fsp3) is 0.280. The average Bonchev–Trinajstić information content (AvgIpc) is 3.66. The number of pyridine rings is 4. The Kier molecular flexibility index (Phi) is 10.8. The molecule has 66 heavy (non-hydrogen) atoms. The molecule has 0 atom stereocenters. The number of benzene rings is 2. The summed E-state index contributed by atoms with van der Waals surface area (Å²) in [6, 6.07) is 29.9. The molecule has 4 aliphatic heterocycles. The first-order valence-electron chi connectivity index (χ1n) is 22.1. The van der Waals surface area contributed by atoms with Crippen LogP contribution in [-0.4, -0.2) is 101 Å². The first kappa shape index (κ1) is 42.4. The van der Waals surface area contributed by atoms with Crippen molar-refractivity contribution in [3.05, 3.63) is 144 Å². The number of carbonyl (C=O) groups is 4. The maximum absolute atomic E-state index is 15.6. The predicted molar refractivity (Wildman–Crippen MR) is 247 cm³/mol. The minimum atomic E-state index is -1.44. The Morgan fingerprint density at radius 3 is 1.44 bits per heavy atom. The number of anilines is 4. The molecule has 0 bridgehead atoms. The Morgan fingerprint density at radius 1 is 0.515 bits per heavy atom. The summed E-state index contributed by atoms with van der Waals surface area (Å²) in [7, 11) is 0. The number of amides is 6. The number of hydrogen-bond donors (Lipinski definition) is 2. The van der Waals surface area contributed by atoms with Crippen LogP contribution in [0.15, 0.2) is 122 Å². The van der Waals surface area contributed by atoms with Crippen LogP contribution in [0.3, 0.4) is 0 Å². The zero-order valence-electron chi connectivity index (χ0n) is 36.6. The number of piperidine rings is 2. The molecule has 10 rings (SSSR count). The van der Waals surface area contributed by atoms with Gasteiger partial charge in [0.25, 0.3) is 11.8 Å². The van der Waals surface area contributed by atoms with E-state index in [1.54, 1.807) is 54.9 Å². The van der Waals surface area contributed by atoms with Crippen molar-refractivity contribution in [1.29, 1.82) is 0 Å². The van der Waals surface area contributed by atoms with Gasteiger partial charge in [0.15, 0.2) is 0 Å². The van der Waals surface area contributed by atoms with E-state index in [0.29, 0.717) is 44.8 Å². The Morgan fingerprint density at radius 2 is 0.985 bits per heavy atom. The van der Waals surface area contributed by atoms with Gasteiger partial charge in [-0.15, -0.1) is 0 Å². The van der Waals surface area contributed by atoms with E-state index >= 15 is 19.2 Å². The number of rotatable bonds is 9. The quantitative estimate of drug-likeness (QED) is 0.143. The highest BCUT2D eigenvalue weighted by atomic mass is 16.3. The molecule has 2 spiro atoms. The van der Waals surface area contributed by atoms with Crippen molar-refractivity contribution in [2.45, 2.75) is 63.7 Å². The van der Waals surface area contributed by atoms with Gasteiger partial charge in [0.1, 0.15) is 22.7 Å². The van der Waals surface area contributed by atoms with Crippen LogP contribution in [0, 0.1) is 13.8 Å². The number of aromatic hydroxyl groups is 2. The van der Waals surface area contributed by atoms with Crippen LogP contribution in [0.4, 0.5) is 32.6 Å². The molecular formula is C50H48N10O6. The van der Waals surface area contributed by atoms with Gasteiger partial charge < -0.3 is 10.2 Å². The van der Waals surface area contributed by atoms with Crippen molar-refractivity contribution in [2.75, 3.05) is 45.8 Å². The molecule has 6 aromatic rings. The van der Waals surface area contributed by atoms with Crippen molar-refractivity contribution in [3.8, 4) is 22.9 Å². The second kappa shape index (κ2) is 16.8. The molecule has 2 N–H and O–H groups in total. The lowest BCUT2D eigenvalue weighted by Crippen LogP contribution is -2.57. The van der Waals surface area contributed by atoms with Crippen molar-refractivity contribution in [1.82, 2.24) is 29.7 Å². The van der Waals surface area contributed by atoms with Gasteiger partial charge in [-0.2, -0.15) is 9.97 Å². The average molecular weight is 885 g/mol. The van der Waals surface area contributed by atoms with Crippen molar-refractivity contribution >= 4 is 46.9 Å². The van der Waals surface area contributed by atoms with E-state index in [9.17, 15) is 10.2 Å². The molecule has 4 aromatic heterocycles. The Hall–Kier alpha value is -7.56. The summed E-state index contributed by atoms with van der Waals surface area (Å²) in [5.74, 6) is -1.55. The van der Waals surface area contributed by atoms with Gasteiger partial charge in [-0.25, -0.2) is 19.4 Å². The van der Waals surface area contributed by atoms with E-state index < -0.39 is 35.0 Å². The molecule has 6 amide bonds. The minimum Gasteiger partial charge on any atom is -0.493 e. The van der Waals surface area contributed by atoms with Crippen LogP contribution in [0.25, 0.3) is 11.1 Å². The normalized spacial score (nSPS) is 18.6. The molecule has 2 aromatic carbocycles. The van der Waals surface area contributed by atoms with Crippen molar-refractivity contribution in [3.63, 3.8) is 0 Å². The Bertz CT molecular complexity index is 2880. The first-order chi connectivity index (χ1) is 32.0. The molecule has 0 radical (unpaired) electrons. The molecule has 0 unspecified atom stereocenters. The third-order valence-corrected chi connectivity index (χ3v) is 13.6. The van der Waals surface area contributed by atoms with E-state index in [2.05, 4.69) is 29.7 Å². The van der Waals surface area contributed by atoms with Crippen LogP contribution in [0.1, 0.15) is 48.2 Å². The maximum Gasteiger partial charge on any atom is 0.338 e. The number of urea groups is 2. The van der Waals surface area contributed by atoms with Gasteiger partial charge in [0.2, 0.25) is 11.8 Å². The number of carbonyl (C=O) groups excluding carboxylic acids is 4. The Labute approximate surface area is 381 Å². The largest absolute Gasteiger partial charge is 0.493 e. The maximum atomic E-state index is 15.6. The Balaban J connectivity index is 1.07. The highest BCUT2D eigenvalue weighted by Crippen LogP contribution is 2.49. The molecule has 8 heterocycles. The number of aryl methyl sites for hydroxylation is 2. The SMILES string of the molecule is Cc1cccnc1CN1CCC2(CC1)C(=O)N(c1ccc(-c3ccccc3)cc1N1C(=O)N(c3cccc(O)n3)C3(CCN(Cc4ncccc4C)CC3)C1=O)C(=O)N2c1cccc(O)n1. The van der Waals surface area contributed by atoms with E-state index in [4.69, 9.17) is 0 Å². The summed E-state index contributed by atoms with van der Waals surface area (Å²) in [6.45, 7) is 6.85. The zero-order chi connectivity index (χ0) is 45.7. The van der Waals surface area contributed by atoms with E-state index in [1.165, 1.54) is 21.9 Å². The summed E-state index contributed by atoms with van der Waals surface area (Å²) >= 11 is 0. The fourth-order valence-corrected chi connectivity index (χ4v) is 10.0. The van der Waals surface area contributed by atoms with E-state index in [0.717, 1.165) is 37.9 Å². The molecule has 4 saturated heterocycles. The lowest BCUT2D eigenvalue weighted by atomic mass is 9.85. The van der Waals surface area contributed by atoms with Gasteiger partial charge in [-0.1, -0.05) is 60.7 Å². The third kappa shape index (κ3) is 7.18. The molecule has 4 aliphatic rings. The third-order valence-electron chi connectivity index (χ3n) is 13.6. The molecular weight excluding hydrogens is 837 g/mol. The lowest BCUT2D eigenvalue weighted by Gasteiger charge is -2.41. The van der Waals surface area contributed by atoms with E-state index in [1.807, 2.05) is 68.4 Å². The first-order valence-corrected chi connectivity index (χ1v) is 22.1. The van der Waals surface area contributed by atoms with Crippen molar-refractivity contribution in [2.24, 2.45) is 0 Å². The number of aromatic nitrogens is 4. The molecule has 16 heteroatoms. The van der Waals surface area contributed by atoms with Gasteiger partial charge in [-0.05, 0) is 98.2 Å². The molecule has 4 fully saturated rings. The molecule has 0 aliphatic carbocycles. The smallest absolute Gasteiger partial charge is 0.338 e. The van der Waals surface area contributed by atoms with Crippen molar-refractivity contribution < 1.29 is 29.4 Å². The van der Waals surface area contributed by atoms with E-state index in [-0.39, 0.29) is 60.5 Å². The predicted octanol–water partition coefficient (Wildman–Crippen LogP) is 6.98. The van der Waals surface area contributed by atoms with Gasteiger partial charge in [0, 0.05) is 63.8 Å². The highest BCUT2D eigenvalue weighted by molar-refractivity contribution is 6.35. The molecule has 0 saturated carbocycles. The summed E-state index contributed by atoms with van der Waals surface area (Å²) in [5, 5.41) is 21.2. The summed E-state index contributed by atoms with van der Waals surface area (Å²) in [4.78, 5) is 88.8. The van der Waals surface area contributed by atoms with Crippen LogP contribution in [0.5, 0.6) is 11.8 Å². The summed E-state index contributed by atoms with van der Waals surface area (Å²) in [5.41, 5.74) is 2.53. The van der Waals surface area contributed by atoms with Crippen LogP contribution in [-0.2, 0) is 22.7 Å². The number of nitrogens with zero attached hydrogens (tertiary/aromatic N) is 10. The summed E-state index contributed by atoms with van der Waals surface area (Å²) in [6.07, 6.45) is 4.41. The molecule has 334 valence electrons. The summed E-state index contributed by atoms with van der Waals surface area (Å²) < 4.78 is 0. The van der Waals surface area contributed by atoms with Gasteiger partial charge in [0.05, 0.1) is 22.8 Å². The standard InChI is InChI=1S/C50H48N10O6/c1-33-10-8-24-51-37(33)31-55-26-20-49(21-27-55)45(63)57(47(65)59(49)41-14-6-16-43(61)53-41)39-19-18-36(35-12-4-3-5-13-35)30-40(39)58-46(64)50(60(48(58)66)42-15-7-17-44(62)54-42)22-28-56(29-23-50)32-38-34(2)11-9-25-52-38/h3-19,24-25,30H,20-23,26-29,31-32H2,1-2H3,(H,53,61)(H,54,62). The van der Waals surface area contributed by atoms with Gasteiger partial charge in [-0.3, -0.25) is 39.2 Å². The van der Waals surface area contributed by atoms with Crippen LogP contribution < -0.4 is 19.6 Å². The fourth-order valence-electron chi connectivity index (χ4n) is 10.0. The topological polar surface area (TPSA) is 180 Å². The zero-order valence-corrected chi connectivity index (χ0v) is 36.6. The number of hydrogen-bond acceptors (Lipinski definition) is 12. The minimum absolute atomic E-state index is 0.0314. The number of likely N-dealkylation sites (tertiary alicyclic amines) is 2. The van der Waals surface area contributed by atoms with Crippen LogP contribution >= 0.6 is 0 Å². The van der Waals surface area contributed by atoms with Crippen LogP contribution in [0.2, 0.25) is 0 Å².